The van der Waals surface area contributed by atoms with Crippen LogP contribution < -0.4 is 5.32 Å². The van der Waals surface area contributed by atoms with Crippen LogP contribution in [0.5, 0.6) is 0 Å². The Hall–Kier alpha value is -1.55. The monoisotopic (exact) mass is 305 g/mol. The lowest BCUT2D eigenvalue weighted by Crippen LogP contribution is -2.28. The average molecular weight is 306 g/mol. The summed E-state index contributed by atoms with van der Waals surface area (Å²) in [6, 6.07) is 6.21. The number of hydrogen-bond acceptors (Lipinski definition) is 2. The fourth-order valence-electron chi connectivity index (χ4n) is 2.58. The van der Waals surface area contributed by atoms with Crippen LogP contribution in [0, 0.1) is 12.8 Å². The number of hydrogen-bond donors (Lipinski definition) is 1. The van der Waals surface area contributed by atoms with Crippen LogP contribution >= 0.6 is 11.6 Å². The molecule has 0 aliphatic heterocycles. The van der Waals surface area contributed by atoms with Gasteiger partial charge >= 0.3 is 0 Å². The molecule has 2 aromatic rings. The Bertz CT molecular complexity index is 673. The largest absolute Gasteiger partial charge is 0.354 e. The topological polar surface area (TPSA) is 46.9 Å². The SMILES string of the molecule is Cc1ccc2c(c1)nc(C(C)Cl)n2CCNC(=O)C1CC1. The van der Waals surface area contributed by atoms with Crippen molar-refractivity contribution < 1.29 is 4.79 Å². The van der Waals surface area contributed by atoms with E-state index in [4.69, 9.17) is 11.6 Å². The molecule has 1 aliphatic carbocycles. The summed E-state index contributed by atoms with van der Waals surface area (Å²) in [4.78, 5) is 16.3. The van der Waals surface area contributed by atoms with E-state index in [-0.39, 0.29) is 17.2 Å². The quantitative estimate of drug-likeness (QED) is 0.863. The maximum Gasteiger partial charge on any atom is 0.223 e. The summed E-state index contributed by atoms with van der Waals surface area (Å²) >= 11 is 6.25. The molecule has 1 fully saturated rings. The number of imidazole rings is 1. The number of nitrogens with zero attached hydrogens (tertiary/aromatic N) is 2. The first-order valence-electron chi connectivity index (χ1n) is 7.45. The molecule has 0 saturated heterocycles. The van der Waals surface area contributed by atoms with E-state index in [2.05, 4.69) is 40.0 Å². The number of fused-ring (bicyclic) bond motifs is 1. The molecule has 1 unspecified atom stereocenters. The molecule has 5 heteroatoms. The van der Waals surface area contributed by atoms with Gasteiger partial charge in [0.2, 0.25) is 5.91 Å². The van der Waals surface area contributed by atoms with Gasteiger partial charge in [-0.1, -0.05) is 6.07 Å². The number of nitrogens with one attached hydrogen (secondary N) is 1. The van der Waals surface area contributed by atoms with Gasteiger partial charge in [-0.05, 0) is 44.4 Å². The van der Waals surface area contributed by atoms with Gasteiger partial charge in [-0.25, -0.2) is 4.98 Å². The highest BCUT2D eigenvalue weighted by Gasteiger charge is 2.29. The Morgan fingerprint density at radius 1 is 1.52 bits per heavy atom. The summed E-state index contributed by atoms with van der Waals surface area (Å²) in [7, 11) is 0. The van der Waals surface area contributed by atoms with E-state index in [1.165, 1.54) is 5.56 Å². The Kier molecular flexibility index (Phi) is 3.89. The molecule has 1 aromatic carbocycles. The van der Waals surface area contributed by atoms with Gasteiger partial charge in [0.05, 0.1) is 16.4 Å². The van der Waals surface area contributed by atoms with Crippen LogP contribution in [0.2, 0.25) is 0 Å². The molecule has 1 heterocycles. The second kappa shape index (κ2) is 5.68. The van der Waals surface area contributed by atoms with E-state index < -0.39 is 0 Å². The van der Waals surface area contributed by atoms with E-state index in [0.29, 0.717) is 13.1 Å². The molecule has 0 bridgehead atoms. The third kappa shape index (κ3) is 3.05. The molecular formula is C16H20ClN3O. The van der Waals surface area contributed by atoms with Gasteiger partial charge < -0.3 is 9.88 Å². The molecule has 1 amide bonds. The molecule has 3 rings (SSSR count). The Balaban J connectivity index is 1.81. The molecule has 0 spiro atoms. The molecule has 0 radical (unpaired) electrons. The summed E-state index contributed by atoms with van der Waals surface area (Å²) < 4.78 is 2.11. The number of amides is 1. The molecule has 1 aromatic heterocycles. The molecular weight excluding hydrogens is 286 g/mol. The molecule has 21 heavy (non-hydrogen) atoms. The van der Waals surface area contributed by atoms with Crippen LogP contribution in [0.4, 0.5) is 0 Å². The Morgan fingerprint density at radius 3 is 2.95 bits per heavy atom. The molecule has 1 N–H and O–H groups in total. The number of carbonyl (C=O) groups is 1. The number of halogens is 1. The first-order chi connectivity index (χ1) is 10.1. The van der Waals surface area contributed by atoms with Crippen molar-refractivity contribution >= 4 is 28.5 Å². The fourth-order valence-corrected chi connectivity index (χ4v) is 2.74. The summed E-state index contributed by atoms with van der Waals surface area (Å²) in [6.45, 7) is 5.29. The normalized spacial score (nSPS) is 16.1. The predicted molar refractivity (Wildman–Crippen MR) is 84.5 cm³/mol. The predicted octanol–water partition coefficient (Wildman–Crippen LogP) is 3.17. The first kappa shape index (κ1) is 14.4. The standard InChI is InChI=1S/C16H20ClN3O/c1-10-3-6-14-13(9-10)19-15(11(2)17)20(14)8-7-18-16(21)12-4-5-12/h3,6,9,11-12H,4-5,7-8H2,1-2H3,(H,18,21). The van der Waals surface area contributed by atoms with Gasteiger partial charge in [0.1, 0.15) is 5.82 Å². The summed E-state index contributed by atoms with van der Waals surface area (Å²) in [5, 5.41) is 2.84. The van der Waals surface area contributed by atoms with E-state index in [1.54, 1.807) is 0 Å². The van der Waals surface area contributed by atoms with Crippen LogP contribution in [0.25, 0.3) is 11.0 Å². The van der Waals surface area contributed by atoms with Gasteiger partial charge in [0, 0.05) is 19.0 Å². The molecule has 1 atom stereocenters. The van der Waals surface area contributed by atoms with Crippen molar-refractivity contribution in [2.45, 2.75) is 38.6 Å². The van der Waals surface area contributed by atoms with Crippen LogP contribution in [0.1, 0.15) is 36.5 Å². The molecule has 4 nitrogen and oxygen atoms in total. The van der Waals surface area contributed by atoms with Crippen molar-refractivity contribution in [1.29, 1.82) is 0 Å². The zero-order valence-corrected chi connectivity index (χ0v) is 13.2. The summed E-state index contributed by atoms with van der Waals surface area (Å²) in [5.41, 5.74) is 3.22. The van der Waals surface area contributed by atoms with Crippen LogP contribution in [0.3, 0.4) is 0 Å². The smallest absolute Gasteiger partial charge is 0.223 e. The number of carbonyl (C=O) groups excluding carboxylic acids is 1. The zero-order chi connectivity index (χ0) is 15.0. The van der Waals surface area contributed by atoms with Gasteiger partial charge in [0.15, 0.2) is 0 Å². The maximum atomic E-state index is 11.7. The minimum absolute atomic E-state index is 0.156. The van der Waals surface area contributed by atoms with Crippen molar-refractivity contribution in [2.24, 2.45) is 5.92 Å². The maximum absolute atomic E-state index is 11.7. The summed E-state index contributed by atoms with van der Waals surface area (Å²) in [6.07, 6.45) is 2.06. The van der Waals surface area contributed by atoms with Crippen LogP contribution in [0.15, 0.2) is 18.2 Å². The second-order valence-electron chi connectivity index (χ2n) is 5.80. The number of aryl methyl sites for hydroxylation is 1. The third-order valence-electron chi connectivity index (χ3n) is 3.87. The fraction of sp³-hybridized carbons (Fsp3) is 0.500. The number of aromatic nitrogens is 2. The number of rotatable bonds is 5. The lowest BCUT2D eigenvalue weighted by Gasteiger charge is -2.11. The van der Waals surface area contributed by atoms with E-state index >= 15 is 0 Å². The average Bonchev–Trinajstić information content (AvgIpc) is 3.22. The van der Waals surface area contributed by atoms with Gasteiger partial charge in [-0.2, -0.15) is 0 Å². The lowest BCUT2D eigenvalue weighted by molar-refractivity contribution is -0.122. The van der Waals surface area contributed by atoms with Crippen molar-refractivity contribution in [3.63, 3.8) is 0 Å². The minimum atomic E-state index is -0.156. The zero-order valence-electron chi connectivity index (χ0n) is 12.4. The Morgan fingerprint density at radius 2 is 2.29 bits per heavy atom. The van der Waals surface area contributed by atoms with E-state index in [9.17, 15) is 4.79 Å². The number of alkyl halides is 1. The first-order valence-corrected chi connectivity index (χ1v) is 7.88. The molecule has 1 saturated carbocycles. The van der Waals surface area contributed by atoms with Crippen LogP contribution in [-0.2, 0) is 11.3 Å². The molecule has 1 aliphatic rings. The second-order valence-corrected chi connectivity index (χ2v) is 6.45. The van der Waals surface area contributed by atoms with E-state index in [0.717, 1.165) is 29.7 Å². The van der Waals surface area contributed by atoms with Gasteiger partial charge in [0.25, 0.3) is 0 Å². The Labute approximate surface area is 129 Å². The third-order valence-corrected chi connectivity index (χ3v) is 4.07. The van der Waals surface area contributed by atoms with Gasteiger partial charge in [-0.3, -0.25) is 4.79 Å². The van der Waals surface area contributed by atoms with Crippen molar-refractivity contribution in [3.05, 3.63) is 29.6 Å². The number of benzene rings is 1. The molecule has 112 valence electrons. The highest BCUT2D eigenvalue weighted by Crippen LogP contribution is 2.29. The highest BCUT2D eigenvalue weighted by atomic mass is 35.5. The lowest BCUT2D eigenvalue weighted by atomic mass is 10.2. The van der Waals surface area contributed by atoms with Gasteiger partial charge in [-0.15, -0.1) is 11.6 Å². The minimum Gasteiger partial charge on any atom is -0.354 e. The van der Waals surface area contributed by atoms with Crippen molar-refractivity contribution in [2.75, 3.05) is 6.54 Å². The van der Waals surface area contributed by atoms with Crippen LogP contribution in [-0.4, -0.2) is 22.0 Å². The van der Waals surface area contributed by atoms with Crippen molar-refractivity contribution in [3.8, 4) is 0 Å². The van der Waals surface area contributed by atoms with Crippen molar-refractivity contribution in [1.82, 2.24) is 14.9 Å². The highest BCUT2D eigenvalue weighted by molar-refractivity contribution is 6.20. The van der Waals surface area contributed by atoms with E-state index in [1.807, 2.05) is 6.92 Å². The summed E-state index contributed by atoms with van der Waals surface area (Å²) in [5.74, 6) is 1.28.